The van der Waals surface area contributed by atoms with E-state index in [1.807, 2.05) is 4.90 Å². The summed E-state index contributed by atoms with van der Waals surface area (Å²) in [6.45, 7) is 5.04. The van der Waals surface area contributed by atoms with Gasteiger partial charge in [0.1, 0.15) is 5.82 Å². The van der Waals surface area contributed by atoms with Gasteiger partial charge in [-0.2, -0.15) is 26.3 Å². The quantitative estimate of drug-likeness (QED) is 0.351. The van der Waals surface area contributed by atoms with Gasteiger partial charge in [0, 0.05) is 45.1 Å². The van der Waals surface area contributed by atoms with Crippen LogP contribution in [0.1, 0.15) is 54.0 Å². The summed E-state index contributed by atoms with van der Waals surface area (Å²) in [5, 5.41) is 0. The Labute approximate surface area is 249 Å². The maximum absolute atomic E-state index is 14.0. The summed E-state index contributed by atoms with van der Waals surface area (Å²) in [4.78, 5) is 42.5. The number of halogens is 7. The fourth-order valence-electron chi connectivity index (χ4n) is 5.79. The lowest BCUT2D eigenvalue weighted by molar-refractivity contribution is -0.143. The van der Waals surface area contributed by atoms with Crippen molar-refractivity contribution in [1.29, 1.82) is 0 Å². The summed E-state index contributed by atoms with van der Waals surface area (Å²) in [5.74, 6) is -2.72. The second-order valence-electron chi connectivity index (χ2n) is 11.7. The Balaban J connectivity index is 1.56. The van der Waals surface area contributed by atoms with Crippen LogP contribution in [0.2, 0.25) is 0 Å². The van der Waals surface area contributed by atoms with Crippen molar-refractivity contribution in [3.8, 4) is 0 Å². The Morgan fingerprint density at radius 2 is 1.61 bits per heavy atom. The average molecular weight is 632 g/mol. The zero-order valence-electron chi connectivity index (χ0n) is 24.5. The van der Waals surface area contributed by atoms with Crippen molar-refractivity contribution in [2.45, 2.75) is 57.6 Å². The number of likely N-dealkylation sites (tertiary alicyclic amines) is 1. The largest absolute Gasteiger partial charge is 0.433 e. The Morgan fingerprint density at radius 1 is 1.00 bits per heavy atom. The maximum atomic E-state index is 14.0. The van der Waals surface area contributed by atoms with Crippen LogP contribution >= 0.6 is 0 Å². The van der Waals surface area contributed by atoms with E-state index in [2.05, 4.69) is 0 Å². The normalized spacial score (nSPS) is 21.0. The summed E-state index contributed by atoms with van der Waals surface area (Å²) < 4.78 is 99.4. The maximum Gasteiger partial charge on any atom is 0.417 e. The minimum absolute atomic E-state index is 0.0325. The van der Waals surface area contributed by atoms with Crippen molar-refractivity contribution >= 4 is 17.9 Å². The Hall–Kier alpha value is -3.68. The smallest absolute Gasteiger partial charge is 0.417 e. The van der Waals surface area contributed by atoms with E-state index in [0.717, 1.165) is 9.80 Å². The third kappa shape index (κ3) is 7.16. The first-order valence-corrected chi connectivity index (χ1v) is 13.8. The first kappa shape index (κ1) is 33.2. The third-order valence-corrected chi connectivity index (χ3v) is 8.05. The molecule has 44 heavy (non-hydrogen) atoms. The Kier molecular flexibility index (Phi) is 9.07. The lowest BCUT2D eigenvalue weighted by atomic mass is 9.78. The van der Waals surface area contributed by atoms with Crippen LogP contribution in [-0.4, -0.2) is 71.4 Å². The molecule has 0 aliphatic carbocycles. The van der Waals surface area contributed by atoms with E-state index in [4.69, 9.17) is 4.74 Å². The van der Waals surface area contributed by atoms with E-state index >= 15 is 0 Å². The molecule has 0 unspecified atom stereocenters. The third-order valence-electron chi connectivity index (χ3n) is 8.05. The zero-order valence-corrected chi connectivity index (χ0v) is 24.5. The molecule has 2 heterocycles. The molecule has 2 aromatic rings. The Morgan fingerprint density at radius 3 is 2.14 bits per heavy atom. The molecule has 3 amide bonds. The first-order valence-electron chi connectivity index (χ1n) is 13.8. The van der Waals surface area contributed by atoms with Gasteiger partial charge in [0.2, 0.25) is 5.91 Å². The number of carbonyl (C=O) groups is 3. The van der Waals surface area contributed by atoms with Crippen LogP contribution in [0.4, 0.5) is 35.5 Å². The van der Waals surface area contributed by atoms with E-state index in [0.29, 0.717) is 29.8 Å². The van der Waals surface area contributed by atoms with E-state index in [-0.39, 0.29) is 37.7 Å². The molecule has 2 aromatic carbocycles. The van der Waals surface area contributed by atoms with Gasteiger partial charge in [-0.25, -0.2) is 14.1 Å². The molecular formula is C30H32F7N3O4. The number of ether oxygens (including phenoxy) is 1. The van der Waals surface area contributed by atoms with Gasteiger partial charge >= 0.3 is 18.4 Å². The van der Waals surface area contributed by atoms with Crippen molar-refractivity contribution in [3.05, 3.63) is 70.0 Å². The topological polar surface area (TPSA) is 70.2 Å². The van der Waals surface area contributed by atoms with Crippen LogP contribution in [0.25, 0.3) is 0 Å². The van der Waals surface area contributed by atoms with Gasteiger partial charge in [-0.15, -0.1) is 0 Å². The number of piperidine rings is 1. The van der Waals surface area contributed by atoms with Crippen LogP contribution in [0.5, 0.6) is 0 Å². The molecule has 2 atom stereocenters. The van der Waals surface area contributed by atoms with Gasteiger partial charge in [0.05, 0.1) is 11.1 Å². The number of amides is 3. The van der Waals surface area contributed by atoms with Crippen LogP contribution in [-0.2, 0) is 33.2 Å². The SMILES string of the molecule is Cc1cc(F)ccc1[C@@H]1CN(CCN2C(=O)OC(C)(C)C2=O)CC[C@H]1C(=O)N(C)Cc1cc(C(F)(F)F)cc(C(F)(F)F)c1. The van der Waals surface area contributed by atoms with Crippen LogP contribution < -0.4 is 0 Å². The van der Waals surface area contributed by atoms with Gasteiger partial charge in [-0.1, -0.05) is 6.07 Å². The van der Waals surface area contributed by atoms with Crippen LogP contribution in [0, 0.1) is 18.7 Å². The fourth-order valence-corrected chi connectivity index (χ4v) is 5.79. The molecule has 2 saturated heterocycles. The number of hydrogen-bond donors (Lipinski definition) is 0. The summed E-state index contributed by atoms with van der Waals surface area (Å²) in [5.41, 5.74) is -3.35. The number of alkyl halides is 6. The monoisotopic (exact) mass is 631 g/mol. The lowest BCUT2D eigenvalue weighted by Gasteiger charge is -2.40. The number of cyclic esters (lactones) is 1. The van der Waals surface area contributed by atoms with E-state index in [1.54, 1.807) is 13.0 Å². The summed E-state index contributed by atoms with van der Waals surface area (Å²) in [7, 11) is 1.31. The van der Waals surface area contributed by atoms with Gasteiger partial charge < -0.3 is 14.5 Å². The highest BCUT2D eigenvalue weighted by molar-refractivity contribution is 6.02. The molecule has 2 aliphatic rings. The lowest BCUT2D eigenvalue weighted by Crippen LogP contribution is -2.48. The molecule has 14 heteroatoms. The number of hydrogen-bond acceptors (Lipinski definition) is 5. The number of rotatable bonds is 7. The molecule has 2 aliphatic heterocycles. The van der Waals surface area contributed by atoms with Gasteiger partial charge in [0.25, 0.3) is 5.91 Å². The number of imide groups is 1. The van der Waals surface area contributed by atoms with E-state index in [1.165, 1.54) is 33.0 Å². The second-order valence-corrected chi connectivity index (χ2v) is 11.7. The van der Waals surface area contributed by atoms with Crippen molar-refractivity contribution < 1.29 is 49.9 Å². The molecule has 2 fully saturated rings. The van der Waals surface area contributed by atoms with E-state index < -0.39 is 71.2 Å². The standard InChI is InChI=1S/C30H32F7N3O4/c1-17-11-21(31)5-6-22(17)24-16-39(9-10-40-26(42)28(2,3)44-27(40)43)8-7-23(24)25(41)38(4)15-18-12-19(29(32,33)34)14-20(13-18)30(35,36)37/h5-6,11-14,23-24H,7-10,15-16H2,1-4H3/t23-,24+/m1/s1. The highest BCUT2D eigenvalue weighted by Gasteiger charge is 2.47. The molecule has 0 aromatic heterocycles. The van der Waals surface area contributed by atoms with Crippen LogP contribution in [0.15, 0.2) is 36.4 Å². The molecule has 0 saturated carbocycles. The molecule has 0 bridgehead atoms. The molecule has 0 spiro atoms. The van der Waals surface area contributed by atoms with Crippen molar-refractivity contribution in [3.63, 3.8) is 0 Å². The number of benzene rings is 2. The molecular weight excluding hydrogens is 599 g/mol. The summed E-state index contributed by atoms with van der Waals surface area (Å²) in [6.07, 6.45) is -10.6. The van der Waals surface area contributed by atoms with Gasteiger partial charge in [-0.3, -0.25) is 9.59 Å². The minimum atomic E-state index is -5.03. The average Bonchev–Trinajstić information content (AvgIpc) is 3.11. The van der Waals surface area contributed by atoms with Gasteiger partial charge in [-0.05, 0) is 80.8 Å². The highest BCUT2D eigenvalue weighted by Crippen LogP contribution is 2.38. The van der Waals surface area contributed by atoms with Crippen LogP contribution in [0.3, 0.4) is 0 Å². The van der Waals surface area contributed by atoms with E-state index in [9.17, 15) is 45.1 Å². The molecule has 7 nitrogen and oxygen atoms in total. The molecule has 0 N–H and O–H groups in total. The van der Waals surface area contributed by atoms with Gasteiger partial charge in [0.15, 0.2) is 5.60 Å². The van der Waals surface area contributed by atoms with Crippen molar-refractivity contribution in [2.75, 3.05) is 33.2 Å². The fraction of sp³-hybridized carbons (Fsp3) is 0.500. The van der Waals surface area contributed by atoms with Crippen molar-refractivity contribution in [1.82, 2.24) is 14.7 Å². The summed E-state index contributed by atoms with van der Waals surface area (Å²) >= 11 is 0. The summed E-state index contributed by atoms with van der Waals surface area (Å²) in [6, 6.07) is 5.32. The number of aryl methyl sites for hydroxylation is 1. The zero-order chi connectivity index (χ0) is 32.8. The molecule has 0 radical (unpaired) electrons. The predicted octanol–water partition coefficient (Wildman–Crippen LogP) is 5.99. The highest BCUT2D eigenvalue weighted by atomic mass is 19.4. The number of nitrogens with zero attached hydrogens (tertiary/aromatic N) is 3. The number of carbonyl (C=O) groups excluding carboxylic acids is 3. The second kappa shape index (κ2) is 12.0. The minimum Gasteiger partial charge on any atom is -0.433 e. The first-order chi connectivity index (χ1) is 20.3. The predicted molar refractivity (Wildman–Crippen MR) is 144 cm³/mol. The Bertz CT molecular complexity index is 1410. The van der Waals surface area contributed by atoms with Crippen molar-refractivity contribution in [2.24, 2.45) is 5.92 Å². The molecule has 4 rings (SSSR count). The molecule has 240 valence electrons.